The molecule has 2 heteroatoms. The highest BCUT2D eigenvalue weighted by molar-refractivity contribution is 6.20. The molecule has 11 aromatic carbocycles. The third-order valence-electron chi connectivity index (χ3n) is 13.6. The third-order valence-corrected chi connectivity index (χ3v) is 13.6. The quantitative estimate of drug-likeness (QED) is 0.149. The number of fused-ring (bicyclic) bond motifs is 9. The second kappa shape index (κ2) is 15.6. The Kier molecular flexibility index (Phi) is 8.93. The van der Waals surface area contributed by atoms with Gasteiger partial charge in [-0.25, -0.2) is 0 Å². The van der Waals surface area contributed by atoms with Gasteiger partial charge < -0.3 is 9.32 Å². The molecule has 1 aromatic heterocycles. The number of furan rings is 1. The zero-order chi connectivity index (χ0) is 43.6. The standard InChI is InChI=1S/C64H41NO/c1-2-18-43(19-3-1)50-38-36-48(41-58(50)47-34-33-42-17-4-5-21-45(42)39-47)65(61-31-16-32-62-63(61)57-37-35-44-20-6-9-24-51(44)64(57)66-62)60-30-15-14-29-56(60)53-26-11-13-28-55(53)59-40-46-22-7-8-23-49(46)52-25-10-12-27-54(52)59/h1-10,12-15,17-25,27-30,32-41H,11,26H2. The summed E-state index contributed by atoms with van der Waals surface area (Å²) in [5.41, 5.74) is 14.2. The number of para-hydroxylation sites is 1. The maximum Gasteiger partial charge on any atom is 0.146 e. The summed E-state index contributed by atoms with van der Waals surface area (Å²) in [5.74, 6) is 0. The van der Waals surface area contributed by atoms with Crippen molar-refractivity contribution in [3.8, 4) is 22.3 Å². The number of benzene rings is 10. The van der Waals surface area contributed by atoms with Gasteiger partial charge in [-0.2, -0.15) is 0 Å². The summed E-state index contributed by atoms with van der Waals surface area (Å²) in [6, 6.07) is 84.1. The first-order valence-corrected chi connectivity index (χ1v) is 22.8. The fraction of sp³-hybridized carbons (Fsp3) is 0.0312. The van der Waals surface area contributed by atoms with Crippen molar-refractivity contribution in [3.63, 3.8) is 0 Å². The van der Waals surface area contributed by atoms with E-state index in [0.717, 1.165) is 73.7 Å². The lowest BCUT2D eigenvalue weighted by molar-refractivity contribution is 0.673. The van der Waals surface area contributed by atoms with Crippen molar-refractivity contribution in [2.75, 3.05) is 4.90 Å². The molecule has 0 unspecified atom stereocenters. The molecule has 0 bridgehead atoms. The zero-order valence-corrected chi connectivity index (χ0v) is 36.1. The van der Waals surface area contributed by atoms with Gasteiger partial charge in [-0.15, -0.1) is 0 Å². The van der Waals surface area contributed by atoms with Crippen molar-refractivity contribution in [2.45, 2.75) is 12.8 Å². The van der Waals surface area contributed by atoms with Crippen LogP contribution in [0.15, 0.2) is 229 Å². The van der Waals surface area contributed by atoms with Gasteiger partial charge >= 0.3 is 0 Å². The Labute approximate surface area is 383 Å². The Bertz CT molecular complexity index is 3940. The minimum absolute atomic E-state index is 0.774. The predicted molar refractivity (Wildman–Crippen MR) is 279 cm³/mol. The van der Waals surface area contributed by atoms with Crippen LogP contribution in [0.4, 0.5) is 17.1 Å². The van der Waals surface area contributed by atoms with Gasteiger partial charge in [-0.3, -0.25) is 0 Å². The van der Waals surface area contributed by atoms with Gasteiger partial charge in [-0.05, 0) is 132 Å². The van der Waals surface area contributed by atoms with Crippen molar-refractivity contribution < 1.29 is 4.42 Å². The molecule has 308 valence electrons. The summed E-state index contributed by atoms with van der Waals surface area (Å²) < 4.78 is 6.84. The van der Waals surface area contributed by atoms with Crippen LogP contribution in [0.1, 0.15) is 24.0 Å². The first-order chi connectivity index (χ1) is 32.7. The van der Waals surface area contributed by atoms with Gasteiger partial charge in [0.15, 0.2) is 0 Å². The second-order valence-electron chi connectivity index (χ2n) is 17.3. The van der Waals surface area contributed by atoms with Crippen LogP contribution in [0, 0.1) is 12.1 Å². The van der Waals surface area contributed by atoms with Crippen LogP contribution in [-0.4, -0.2) is 0 Å². The molecule has 0 N–H and O–H groups in total. The highest BCUT2D eigenvalue weighted by Crippen LogP contribution is 2.49. The lowest BCUT2D eigenvalue weighted by Crippen LogP contribution is -2.13. The van der Waals surface area contributed by atoms with E-state index in [1.54, 1.807) is 0 Å². The Morgan fingerprint density at radius 2 is 1.17 bits per heavy atom. The molecule has 0 spiro atoms. The molecule has 0 saturated carbocycles. The molecule has 13 rings (SSSR count). The molecule has 12 aromatic rings. The predicted octanol–water partition coefficient (Wildman–Crippen LogP) is 17.9. The van der Waals surface area contributed by atoms with Crippen LogP contribution < -0.4 is 4.90 Å². The van der Waals surface area contributed by atoms with E-state index in [1.807, 2.05) is 6.07 Å². The van der Waals surface area contributed by atoms with Crippen LogP contribution in [-0.2, 0) is 0 Å². The fourth-order valence-corrected chi connectivity index (χ4v) is 10.5. The highest BCUT2D eigenvalue weighted by Gasteiger charge is 2.26. The molecule has 1 aliphatic rings. The van der Waals surface area contributed by atoms with E-state index < -0.39 is 0 Å². The molecular formula is C64H41NO. The van der Waals surface area contributed by atoms with Crippen LogP contribution in [0.2, 0.25) is 0 Å². The highest BCUT2D eigenvalue weighted by atomic mass is 16.3. The molecule has 1 heterocycles. The zero-order valence-electron chi connectivity index (χ0n) is 36.1. The van der Waals surface area contributed by atoms with Crippen molar-refractivity contribution >= 4 is 93.2 Å². The number of hydrogen-bond donors (Lipinski definition) is 0. The topological polar surface area (TPSA) is 16.4 Å². The maximum absolute atomic E-state index is 6.84. The van der Waals surface area contributed by atoms with Crippen molar-refractivity contribution in [2.24, 2.45) is 0 Å². The number of rotatable bonds is 7. The first-order valence-electron chi connectivity index (χ1n) is 22.8. The van der Waals surface area contributed by atoms with Gasteiger partial charge in [0.1, 0.15) is 16.9 Å². The summed E-state index contributed by atoms with van der Waals surface area (Å²) in [6.45, 7) is 0. The third kappa shape index (κ3) is 6.21. The van der Waals surface area contributed by atoms with Gasteiger partial charge in [0, 0.05) is 28.1 Å². The Morgan fingerprint density at radius 3 is 2.05 bits per heavy atom. The number of nitrogens with zero attached hydrogens (tertiary/aromatic N) is 1. The van der Waals surface area contributed by atoms with Crippen molar-refractivity contribution in [1.29, 1.82) is 0 Å². The molecule has 0 aliphatic heterocycles. The minimum Gasteiger partial charge on any atom is -0.455 e. The number of anilines is 3. The summed E-state index contributed by atoms with van der Waals surface area (Å²) in [7, 11) is 0. The van der Waals surface area contributed by atoms with Gasteiger partial charge in [0.2, 0.25) is 0 Å². The molecule has 66 heavy (non-hydrogen) atoms. The Morgan fingerprint density at radius 1 is 0.455 bits per heavy atom. The van der Waals surface area contributed by atoms with E-state index in [-0.39, 0.29) is 0 Å². The molecule has 1 aliphatic carbocycles. The molecular weight excluding hydrogens is 799 g/mol. The molecule has 0 amide bonds. The van der Waals surface area contributed by atoms with Crippen LogP contribution in [0.5, 0.6) is 0 Å². The second-order valence-corrected chi connectivity index (χ2v) is 17.3. The average molecular weight is 840 g/mol. The smallest absolute Gasteiger partial charge is 0.146 e. The van der Waals surface area contributed by atoms with Crippen molar-refractivity contribution in [3.05, 3.63) is 248 Å². The summed E-state index contributed by atoms with van der Waals surface area (Å²) in [5, 5.41) is 11.7. The lowest BCUT2D eigenvalue weighted by Gasteiger charge is -2.30. The molecule has 0 fully saturated rings. The molecule has 0 radical (unpaired) electrons. The maximum atomic E-state index is 6.84. The summed E-state index contributed by atoms with van der Waals surface area (Å²) in [6.07, 6.45) is 6.55. The summed E-state index contributed by atoms with van der Waals surface area (Å²) >= 11 is 0. The van der Waals surface area contributed by atoms with E-state index >= 15 is 0 Å². The van der Waals surface area contributed by atoms with E-state index in [9.17, 15) is 0 Å². The van der Waals surface area contributed by atoms with Gasteiger partial charge in [-0.1, -0.05) is 188 Å². The fourth-order valence-electron chi connectivity index (χ4n) is 10.5. The van der Waals surface area contributed by atoms with Gasteiger partial charge in [0.05, 0.1) is 11.1 Å². The van der Waals surface area contributed by atoms with E-state index in [0.29, 0.717) is 0 Å². The Hall–Kier alpha value is -8.64. The Balaban J connectivity index is 1.11. The van der Waals surface area contributed by atoms with Crippen LogP contribution in [0.25, 0.3) is 98.4 Å². The molecule has 0 saturated heterocycles. The largest absolute Gasteiger partial charge is 0.455 e. The monoisotopic (exact) mass is 839 g/mol. The normalized spacial score (nSPS) is 12.8. The van der Waals surface area contributed by atoms with Crippen molar-refractivity contribution in [1.82, 2.24) is 0 Å². The summed E-state index contributed by atoms with van der Waals surface area (Å²) in [4.78, 5) is 2.42. The molecule has 0 atom stereocenters. The first kappa shape index (κ1) is 37.9. The van der Waals surface area contributed by atoms with E-state index in [4.69, 9.17) is 4.42 Å². The van der Waals surface area contributed by atoms with Gasteiger partial charge in [0.25, 0.3) is 0 Å². The van der Waals surface area contributed by atoms with E-state index in [2.05, 4.69) is 235 Å². The van der Waals surface area contributed by atoms with Crippen LogP contribution in [0.3, 0.4) is 0 Å². The average Bonchev–Trinajstić information content (AvgIpc) is 3.79. The minimum atomic E-state index is 0.774. The van der Waals surface area contributed by atoms with E-state index in [1.165, 1.54) is 65.7 Å². The molecule has 2 nitrogen and oxygen atoms in total. The van der Waals surface area contributed by atoms with Crippen LogP contribution >= 0.6 is 0 Å². The lowest BCUT2D eigenvalue weighted by atomic mass is 9.84. The number of allylic oxidation sites excluding steroid dienone is 4. The SMILES string of the molecule is c1cc2oc3c4ccccc4ccc3c2c(N(c2ccc(-c3ccccc3)c(-c3ccc4ccccc4c3)c2)c2ccccc2C2=C(c3cc4ccccc4c4ccccc34)C=CCC2)c#1. The number of hydrogen-bond acceptors (Lipinski definition) is 2.